The van der Waals surface area contributed by atoms with Gasteiger partial charge in [-0.15, -0.1) is 0 Å². The van der Waals surface area contributed by atoms with Gasteiger partial charge in [0.25, 0.3) is 0 Å². The molecule has 0 aromatic heterocycles. The predicted molar refractivity (Wildman–Crippen MR) is 76.6 cm³/mol. The van der Waals surface area contributed by atoms with Gasteiger partial charge in [0, 0.05) is 6.04 Å². The maximum atomic E-state index is 13.4. The Morgan fingerprint density at radius 2 is 2.05 bits per heavy atom. The quantitative estimate of drug-likeness (QED) is 0.852. The molecule has 2 saturated carbocycles. The molecule has 0 spiro atoms. The van der Waals surface area contributed by atoms with Gasteiger partial charge in [-0.1, -0.05) is 19.4 Å². The second-order valence-electron chi connectivity index (χ2n) is 6.28. The summed E-state index contributed by atoms with van der Waals surface area (Å²) in [6, 6.07) is 5.73. The zero-order valence-corrected chi connectivity index (χ0v) is 12.0. The highest BCUT2D eigenvalue weighted by molar-refractivity contribution is 5.28. The Kier molecular flexibility index (Phi) is 3.62. The van der Waals surface area contributed by atoms with E-state index < -0.39 is 0 Å². The minimum Gasteiger partial charge on any atom is -0.314 e. The van der Waals surface area contributed by atoms with Crippen molar-refractivity contribution in [1.29, 1.82) is 0 Å². The molecule has 2 aliphatic carbocycles. The average molecular weight is 261 g/mol. The van der Waals surface area contributed by atoms with Crippen LogP contribution >= 0.6 is 0 Å². The summed E-state index contributed by atoms with van der Waals surface area (Å²) in [5.74, 6) is 2.65. The summed E-state index contributed by atoms with van der Waals surface area (Å²) >= 11 is 0. The summed E-state index contributed by atoms with van der Waals surface area (Å²) in [6.07, 6.45) is 5.23. The molecule has 1 aromatic rings. The maximum absolute atomic E-state index is 13.4. The van der Waals surface area contributed by atoms with Gasteiger partial charge < -0.3 is 5.32 Å². The van der Waals surface area contributed by atoms with Crippen LogP contribution in [0.4, 0.5) is 4.39 Å². The number of benzene rings is 1. The molecule has 2 heteroatoms. The van der Waals surface area contributed by atoms with Gasteiger partial charge in [0.2, 0.25) is 0 Å². The summed E-state index contributed by atoms with van der Waals surface area (Å²) in [4.78, 5) is 0. The number of likely N-dealkylation sites (N-methyl/N-ethyl adjacent to an activating group) is 1. The minimum absolute atomic E-state index is 0.105. The fraction of sp³-hybridized carbons (Fsp3) is 0.647. The molecule has 0 radical (unpaired) electrons. The largest absolute Gasteiger partial charge is 0.314 e. The standard InChI is InChI=1S/C17H24FN/c1-3-19-16(17-14-5-4-6-15(14)17)10-12-9-13(18)8-7-11(12)2/h7-9,14-17,19H,3-6,10H2,1-2H3. The zero-order valence-electron chi connectivity index (χ0n) is 12.0. The molecule has 0 aliphatic heterocycles. The molecule has 3 rings (SSSR count). The Morgan fingerprint density at radius 1 is 1.32 bits per heavy atom. The highest BCUT2D eigenvalue weighted by Crippen LogP contribution is 2.59. The lowest BCUT2D eigenvalue weighted by atomic mass is 9.94. The van der Waals surface area contributed by atoms with E-state index in [4.69, 9.17) is 0 Å². The van der Waals surface area contributed by atoms with Gasteiger partial charge in [-0.25, -0.2) is 4.39 Å². The molecule has 3 atom stereocenters. The Bertz CT molecular complexity index is 447. The first-order valence-electron chi connectivity index (χ1n) is 7.69. The number of hydrogen-bond acceptors (Lipinski definition) is 1. The van der Waals surface area contributed by atoms with Crippen LogP contribution in [0.5, 0.6) is 0 Å². The van der Waals surface area contributed by atoms with E-state index in [1.54, 1.807) is 12.1 Å². The van der Waals surface area contributed by atoms with Gasteiger partial charge in [0.1, 0.15) is 5.82 Å². The van der Waals surface area contributed by atoms with Gasteiger partial charge >= 0.3 is 0 Å². The molecular weight excluding hydrogens is 237 g/mol. The molecule has 19 heavy (non-hydrogen) atoms. The van der Waals surface area contributed by atoms with E-state index in [0.717, 1.165) is 30.7 Å². The normalized spacial score (nSPS) is 30.2. The first kappa shape index (κ1) is 13.1. The Labute approximate surface area is 115 Å². The van der Waals surface area contributed by atoms with Crippen LogP contribution in [0.2, 0.25) is 0 Å². The van der Waals surface area contributed by atoms with Crippen molar-refractivity contribution in [1.82, 2.24) is 5.32 Å². The lowest BCUT2D eigenvalue weighted by Gasteiger charge is -2.21. The Morgan fingerprint density at radius 3 is 2.74 bits per heavy atom. The third-order valence-electron chi connectivity index (χ3n) is 5.15. The SMILES string of the molecule is CCNC(Cc1cc(F)ccc1C)C1C2CCCC21. The molecule has 2 fully saturated rings. The molecular formula is C17H24FN. The Hall–Kier alpha value is -0.890. The van der Waals surface area contributed by atoms with Crippen LogP contribution in [0.15, 0.2) is 18.2 Å². The number of hydrogen-bond donors (Lipinski definition) is 1. The van der Waals surface area contributed by atoms with Crippen LogP contribution < -0.4 is 5.32 Å². The van der Waals surface area contributed by atoms with Crippen molar-refractivity contribution < 1.29 is 4.39 Å². The van der Waals surface area contributed by atoms with Crippen molar-refractivity contribution in [3.63, 3.8) is 0 Å². The fourth-order valence-electron chi connectivity index (χ4n) is 4.18. The van der Waals surface area contributed by atoms with Crippen molar-refractivity contribution in [3.8, 4) is 0 Å². The Balaban J connectivity index is 1.72. The first-order valence-corrected chi connectivity index (χ1v) is 7.69. The van der Waals surface area contributed by atoms with Crippen LogP contribution in [-0.4, -0.2) is 12.6 Å². The number of aryl methyl sites for hydroxylation is 1. The number of rotatable bonds is 5. The maximum Gasteiger partial charge on any atom is 0.123 e. The highest BCUT2D eigenvalue weighted by Gasteiger charge is 2.55. The van der Waals surface area contributed by atoms with Gasteiger partial charge in [0.05, 0.1) is 0 Å². The van der Waals surface area contributed by atoms with Crippen LogP contribution in [0.3, 0.4) is 0 Å². The summed E-state index contributed by atoms with van der Waals surface area (Å²) in [6.45, 7) is 5.27. The predicted octanol–water partition coefficient (Wildman–Crippen LogP) is 3.70. The van der Waals surface area contributed by atoms with E-state index >= 15 is 0 Å². The van der Waals surface area contributed by atoms with Gasteiger partial charge in [-0.3, -0.25) is 0 Å². The van der Waals surface area contributed by atoms with Crippen LogP contribution in [0.25, 0.3) is 0 Å². The molecule has 2 aliphatic rings. The topological polar surface area (TPSA) is 12.0 Å². The molecule has 0 bridgehead atoms. The number of halogens is 1. The van der Waals surface area contributed by atoms with E-state index in [9.17, 15) is 4.39 Å². The van der Waals surface area contributed by atoms with Crippen molar-refractivity contribution in [2.24, 2.45) is 17.8 Å². The third kappa shape index (κ3) is 2.55. The van der Waals surface area contributed by atoms with E-state index in [1.165, 1.54) is 30.4 Å². The van der Waals surface area contributed by atoms with Crippen molar-refractivity contribution >= 4 is 0 Å². The lowest BCUT2D eigenvalue weighted by molar-refractivity contribution is 0.410. The lowest BCUT2D eigenvalue weighted by Crippen LogP contribution is -2.34. The highest BCUT2D eigenvalue weighted by atomic mass is 19.1. The van der Waals surface area contributed by atoms with Gasteiger partial charge in [0.15, 0.2) is 0 Å². The second-order valence-corrected chi connectivity index (χ2v) is 6.28. The van der Waals surface area contributed by atoms with Crippen molar-refractivity contribution in [2.45, 2.75) is 45.6 Å². The van der Waals surface area contributed by atoms with Crippen molar-refractivity contribution in [3.05, 3.63) is 35.1 Å². The van der Waals surface area contributed by atoms with Crippen LogP contribution in [0, 0.1) is 30.5 Å². The van der Waals surface area contributed by atoms with Gasteiger partial charge in [-0.05, 0) is 73.7 Å². The average Bonchev–Trinajstić information content (AvgIpc) is 2.86. The first-order chi connectivity index (χ1) is 9.20. The molecule has 3 unspecified atom stereocenters. The minimum atomic E-state index is -0.105. The summed E-state index contributed by atoms with van der Waals surface area (Å²) in [5, 5.41) is 3.65. The molecule has 1 aromatic carbocycles. The second kappa shape index (κ2) is 5.24. The third-order valence-corrected chi connectivity index (χ3v) is 5.15. The molecule has 0 heterocycles. The van der Waals surface area contributed by atoms with Crippen LogP contribution in [0.1, 0.15) is 37.3 Å². The molecule has 0 amide bonds. The van der Waals surface area contributed by atoms with E-state index in [2.05, 4.69) is 19.2 Å². The summed E-state index contributed by atoms with van der Waals surface area (Å²) in [5.41, 5.74) is 2.39. The van der Waals surface area contributed by atoms with Crippen molar-refractivity contribution in [2.75, 3.05) is 6.54 Å². The number of fused-ring (bicyclic) bond motifs is 1. The molecule has 1 N–H and O–H groups in total. The van der Waals surface area contributed by atoms with E-state index in [1.807, 2.05) is 6.07 Å². The summed E-state index contributed by atoms with van der Waals surface area (Å²) < 4.78 is 13.4. The number of nitrogens with one attached hydrogen (secondary N) is 1. The van der Waals surface area contributed by atoms with Crippen LogP contribution in [-0.2, 0) is 6.42 Å². The van der Waals surface area contributed by atoms with Gasteiger partial charge in [-0.2, -0.15) is 0 Å². The summed E-state index contributed by atoms with van der Waals surface area (Å²) in [7, 11) is 0. The molecule has 1 nitrogen and oxygen atoms in total. The van der Waals surface area contributed by atoms with E-state index in [0.29, 0.717) is 6.04 Å². The monoisotopic (exact) mass is 261 g/mol. The van der Waals surface area contributed by atoms with E-state index in [-0.39, 0.29) is 5.82 Å². The molecule has 0 saturated heterocycles. The molecule has 104 valence electrons. The fourth-order valence-corrected chi connectivity index (χ4v) is 4.18. The zero-order chi connectivity index (χ0) is 13.4. The smallest absolute Gasteiger partial charge is 0.123 e.